The van der Waals surface area contributed by atoms with Crippen molar-refractivity contribution < 1.29 is 8.42 Å². The van der Waals surface area contributed by atoms with Crippen molar-refractivity contribution in [3.8, 4) is 0 Å². The first-order valence-electron chi connectivity index (χ1n) is 10.2. The molecule has 1 aliphatic heterocycles. The maximum atomic E-state index is 13.6. The standard InChI is InChI=1S/C25H25BrN2O2S/c1-16-5-11-22(12-6-16)31(29,30)28-24(20-7-9-21(26)10-8-20)15-23(27-28)25-18(3)13-17(2)14-19(25)4/h5-14,24H,15H2,1-4H3/t24-/m1/s1. The fourth-order valence-electron chi connectivity index (χ4n) is 4.25. The summed E-state index contributed by atoms with van der Waals surface area (Å²) < 4.78 is 29.5. The van der Waals surface area contributed by atoms with E-state index in [9.17, 15) is 8.42 Å². The van der Waals surface area contributed by atoms with Gasteiger partial charge >= 0.3 is 0 Å². The molecule has 0 bridgehead atoms. The largest absolute Gasteiger partial charge is 0.279 e. The number of hydrogen-bond acceptors (Lipinski definition) is 3. The summed E-state index contributed by atoms with van der Waals surface area (Å²) in [7, 11) is -3.80. The Labute approximate surface area is 192 Å². The average molecular weight is 497 g/mol. The Morgan fingerprint density at radius 2 is 1.45 bits per heavy atom. The van der Waals surface area contributed by atoms with E-state index < -0.39 is 16.1 Å². The molecule has 0 N–H and O–H groups in total. The van der Waals surface area contributed by atoms with E-state index in [4.69, 9.17) is 5.10 Å². The van der Waals surface area contributed by atoms with Crippen LogP contribution in [0.5, 0.6) is 0 Å². The van der Waals surface area contributed by atoms with Gasteiger partial charge in [-0.1, -0.05) is 63.5 Å². The number of benzene rings is 3. The Bertz CT molecular complexity index is 1240. The van der Waals surface area contributed by atoms with Crippen LogP contribution in [0.1, 0.15) is 45.8 Å². The lowest BCUT2D eigenvalue weighted by molar-refractivity contribution is 0.371. The zero-order chi connectivity index (χ0) is 22.3. The molecule has 6 heteroatoms. The smallest absolute Gasteiger partial charge is 0.200 e. The second kappa shape index (κ2) is 8.24. The molecule has 0 aromatic heterocycles. The fourth-order valence-corrected chi connectivity index (χ4v) is 5.95. The summed E-state index contributed by atoms with van der Waals surface area (Å²) in [6.45, 7) is 8.13. The highest BCUT2D eigenvalue weighted by atomic mass is 79.9. The number of sulfonamides is 1. The van der Waals surface area contributed by atoms with Crippen LogP contribution in [-0.2, 0) is 10.0 Å². The van der Waals surface area contributed by atoms with Gasteiger partial charge in [0.1, 0.15) is 0 Å². The van der Waals surface area contributed by atoms with Crippen molar-refractivity contribution in [3.63, 3.8) is 0 Å². The van der Waals surface area contributed by atoms with Gasteiger partial charge in [0.25, 0.3) is 10.0 Å². The summed E-state index contributed by atoms with van der Waals surface area (Å²) in [4.78, 5) is 0.252. The normalized spacial score (nSPS) is 16.5. The van der Waals surface area contributed by atoms with E-state index in [0.29, 0.717) is 6.42 Å². The van der Waals surface area contributed by atoms with Crippen molar-refractivity contribution in [2.24, 2.45) is 5.10 Å². The number of rotatable bonds is 4. The van der Waals surface area contributed by atoms with Crippen molar-refractivity contribution in [3.05, 3.63) is 98.5 Å². The monoisotopic (exact) mass is 496 g/mol. The van der Waals surface area contributed by atoms with Gasteiger partial charge in [-0.2, -0.15) is 17.9 Å². The molecule has 1 heterocycles. The van der Waals surface area contributed by atoms with Crippen molar-refractivity contribution in [2.45, 2.75) is 45.1 Å². The zero-order valence-electron chi connectivity index (χ0n) is 18.1. The van der Waals surface area contributed by atoms with Crippen molar-refractivity contribution in [2.75, 3.05) is 0 Å². The van der Waals surface area contributed by atoms with Gasteiger partial charge < -0.3 is 0 Å². The highest BCUT2D eigenvalue weighted by molar-refractivity contribution is 9.10. The van der Waals surface area contributed by atoms with E-state index in [-0.39, 0.29) is 4.90 Å². The molecule has 0 saturated heterocycles. The lowest BCUT2D eigenvalue weighted by Crippen LogP contribution is -2.27. The lowest BCUT2D eigenvalue weighted by Gasteiger charge is -2.23. The molecule has 0 unspecified atom stereocenters. The molecular weight excluding hydrogens is 472 g/mol. The molecule has 4 nitrogen and oxygen atoms in total. The van der Waals surface area contributed by atoms with Crippen LogP contribution in [0.2, 0.25) is 0 Å². The molecule has 3 aromatic carbocycles. The molecule has 3 aromatic rings. The Hall–Kier alpha value is -2.44. The van der Waals surface area contributed by atoms with Crippen LogP contribution < -0.4 is 0 Å². The Morgan fingerprint density at radius 3 is 2.03 bits per heavy atom. The third-order valence-corrected chi connectivity index (χ3v) is 7.88. The molecule has 1 aliphatic rings. The second-order valence-electron chi connectivity index (χ2n) is 8.18. The molecule has 160 valence electrons. The molecule has 0 spiro atoms. The second-order valence-corrected chi connectivity index (χ2v) is 10.9. The molecule has 0 radical (unpaired) electrons. The summed E-state index contributed by atoms with van der Waals surface area (Å²) in [5.74, 6) is 0. The quantitative estimate of drug-likeness (QED) is 0.430. The van der Waals surface area contributed by atoms with Gasteiger partial charge in [0.05, 0.1) is 16.6 Å². The number of aryl methyl sites for hydroxylation is 4. The maximum Gasteiger partial charge on any atom is 0.279 e. The number of hydrogen-bond donors (Lipinski definition) is 0. The van der Waals surface area contributed by atoms with E-state index >= 15 is 0 Å². The van der Waals surface area contributed by atoms with E-state index in [1.165, 1.54) is 9.98 Å². The highest BCUT2D eigenvalue weighted by Crippen LogP contribution is 2.38. The van der Waals surface area contributed by atoms with Crippen LogP contribution in [-0.4, -0.2) is 18.5 Å². The SMILES string of the molecule is Cc1ccc(S(=O)(=O)N2N=C(c3c(C)cc(C)cc3C)C[C@@H]2c2ccc(Br)cc2)cc1. The Kier molecular flexibility index (Phi) is 5.79. The number of nitrogens with zero attached hydrogens (tertiary/aromatic N) is 2. The first kappa shape index (κ1) is 21.8. The Balaban J connectivity index is 1.85. The average Bonchev–Trinajstić information content (AvgIpc) is 3.14. The summed E-state index contributed by atoms with van der Waals surface area (Å²) in [6.07, 6.45) is 0.525. The van der Waals surface area contributed by atoms with Gasteiger partial charge in [0.2, 0.25) is 0 Å². The summed E-state index contributed by atoms with van der Waals surface area (Å²) in [5, 5.41) is 4.71. The third kappa shape index (κ3) is 4.19. The van der Waals surface area contributed by atoms with Gasteiger partial charge in [-0.3, -0.25) is 0 Å². The van der Waals surface area contributed by atoms with Crippen molar-refractivity contribution >= 4 is 31.7 Å². The van der Waals surface area contributed by atoms with Gasteiger partial charge in [-0.15, -0.1) is 0 Å². The van der Waals surface area contributed by atoms with Crippen molar-refractivity contribution in [1.82, 2.24) is 4.41 Å². The molecule has 0 aliphatic carbocycles. The van der Waals surface area contributed by atoms with Crippen LogP contribution in [0.25, 0.3) is 0 Å². The number of halogens is 1. The van der Waals surface area contributed by atoms with Gasteiger partial charge in [0.15, 0.2) is 0 Å². The minimum atomic E-state index is -3.80. The highest BCUT2D eigenvalue weighted by Gasteiger charge is 2.38. The van der Waals surface area contributed by atoms with Crippen LogP contribution >= 0.6 is 15.9 Å². The van der Waals surface area contributed by atoms with Crippen molar-refractivity contribution in [1.29, 1.82) is 0 Å². The van der Waals surface area contributed by atoms with Gasteiger partial charge in [-0.25, -0.2) is 0 Å². The zero-order valence-corrected chi connectivity index (χ0v) is 20.5. The molecular formula is C25H25BrN2O2S. The van der Waals surface area contributed by atoms with Crippen LogP contribution in [0.15, 0.2) is 75.1 Å². The maximum absolute atomic E-state index is 13.6. The third-order valence-electron chi connectivity index (χ3n) is 5.66. The van der Waals surface area contributed by atoms with E-state index in [1.807, 2.05) is 43.3 Å². The topological polar surface area (TPSA) is 49.7 Å². The van der Waals surface area contributed by atoms with Crippen LogP contribution in [0.3, 0.4) is 0 Å². The van der Waals surface area contributed by atoms with Gasteiger partial charge in [0, 0.05) is 16.5 Å². The lowest BCUT2D eigenvalue weighted by atomic mass is 9.92. The molecule has 1 atom stereocenters. The van der Waals surface area contributed by atoms with Crippen LogP contribution in [0.4, 0.5) is 0 Å². The minimum absolute atomic E-state index is 0.252. The molecule has 0 saturated carbocycles. The van der Waals surface area contributed by atoms with E-state index in [0.717, 1.165) is 38.0 Å². The fraction of sp³-hybridized carbons (Fsp3) is 0.240. The first-order chi connectivity index (χ1) is 14.7. The first-order valence-corrected chi connectivity index (χ1v) is 12.4. The molecule has 31 heavy (non-hydrogen) atoms. The summed E-state index contributed by atoms with van der Waals surface area (Å²) in [6, 6.07) is 18.6. The summed E-state index contributed by atoms with van der Waals surface area (Å²) >= 11 is 3.47. The molecule has 0 fully saturated rings. The van der Waals surface area contributed by atoms with Crippen LogP contribution in [0, 0.1) is 27.7 Å². The minimum Gasteiger partial charge on any atom is -0.200 e. The molecule has 0 amide bonds. The Morgan fingerprint density at radius 1 is 0.871 bits per heavy atom. The van der Waals surface area contributed by atoms with E-state index in [1.54, 1.807) is 12.1 Å². The van der Waals surface area contributed by atoms with Gasteiger partial charge in [-0.05, 0) is 68.7 Å². The predicted octanol–water partition coefficient (Wildman–Crippen LogP) is 6.22. The summed E-state index contributed by atoms with van der Waals surface area (Å²) in [5.41, 5.74) is 7.18. The number of hydrazone groups is 1. The van der Waals surface area contributed by atoms with E-state index in [2.05, 4.69) is 48.8 Å². The predicted molar refractivity (Wildman–Crippen MR) is 129 cm³/mol. The molecule has 4 rings (SSSR count).